The molecule has 0 rings (SSSR count). The molecule has 0 heterocycles. The van der Waals surface area contributed by atoms with Crippen molar-refractivity contribution in [2.45, 2.75) is 28.7 Å². The molecule has 0 aromatic rings. The van der Waals surface area contributed by atoms with Gasteiger partial charge in [-0.05, 0) is 28.2 Å². The van der Waals surface area contributed by atoms with Gasteiger partial charge in [-0.15, -0.1) is 0 Å². The number of rotatable bonds is 4. The first kappa shape index (κ1) is 25.6. The molecule has 0 fully saturated rings. The normalized spacial score (nSPS) is 8.44. The lowest BCUT2D eigenvalue weighted by molar-refractivity contribution is -0.120. The zero-order valence-electron chi connectivity index (χ0n) is 11.1. The van der Waals surface area contributed by atoms with E-state index in [1.807, 2.05) is 38.0 Å². The molecule has 2 N–H and O–H groups in total. The predicted octanol–water partition coefficient (Wildman–Crippen LogP) is 0.555. The summed E-state index contributed by atoms with van der Waals surface area (Å²) in [5, 5.41) is 5.26. The van der Waals surface area contributed by atoms with Crippen molar-refractivity contribution in [2.75, 3.05) is 41.5 Å². The van der Waals surface area contributed by atoms with Crippen LogP contribution in [0.15, 0.2) is 0 Å². The minimum atomic E-state index is 0. The molecule has 0 aliphatic carbocycles. The van der Waals surface area contributed by atoms with Crippen LogP contribution in [0.2, 0.25) is 0 Å². The van der Waals surface area contributed by atoms with Crippen LogP contribution < -0.4 is 10.6 Å². The molecule has 0 aromatic carbocycles. The summed E-state index contributed by atoms with van der Waals surface area (Å²) in [7, 11) is 7.60. The third-order valence-corrected chi connectivity index (χ3v) is 1.29. The van der Waals surface area contributed by atoms with Gasteiger partial charge in [0.05, 0.1) is 13.3 Å². The summed E-state index contributed by atoms with van der Waals surface area (Å²) in [5.74, 6) is 0.0254. The van der Waals surface area contributed by atoms with Crippen molar-refractivity contribution >= 4 is 11.8 Å². The van der Waals surface area contributed by atoms with Crippen molar-refractivity contribution in [1.29, 1.82) is 0 Å². The molecule has 2 amide bonds. The molecule has 112 valence electrons. The summed E-state index contributed by atoms with van der Waals surface area (Å²) in [6, 6.07) is 0. The van der Waals surface area contributed by atoms with Gasteiger partial charge < -0.3 is 10.6 Å². The van der Waals surface area contributed by atoms with Gasteiger partial charge >= 0.3 is 0 Å². The van der Waals surface area contributed by atoms with Crippen molar-refractivity contribution in [1.82, 2.24) is 20.4 Å². The average Bonchev–Trinajstić information content (AvgIpc) is 2.12. The molecular formula is C12H32N4O2. The Bertz CT molecular complexity index is 184. The van der Waals surface area contributed by atoms with Gasteiger partial charge in [0.25, 0.3) is 0 Å². The highest BCUT2D eigenvalue weighted by molar-refractivity contribution is 5.72. The summed E-state index contributed by atoms with van der Waals surface area (Å²) >= 11 is 0. The van der Waals surface area contributed by atoms with Crippen molar-refractivity contribution in [3.63, 3.8) is 0 Å². The van der Waals surface area contributed by atoms with Crippen LogP contribution in [0.25, 0.3) is 0 Å². The van der Waals surface area contributed by atoms with Crippen LogP contribution in [0.4, 0.5) is 0 Å². The van der Waals surface area contributed by atoms with Gasteiger partial charge in [0.15, 0.2) is 0 Å². The Kier molecular flexibility index (Phi) is 22.6. The smallest absolute Gasteiger partial charge is 0.217 e. The molecular weight excluding hydrogens is 232 g/mol. The molecule has 0 saturated heterocycles. The third kappa shape index (κ3) is 36.4. The second-order valence-corrected chi connectivity index (χ2v) is 3.94. The predicted molar refractivity (Wildman–Crippen MR) is 78.2 cm³/mol. The van der Waals surface area contributed by atoms with Gasteiger partial charge in [0.1, 0.15) is 0 Å². The van der Waals surface area contributed by atoms with Crippen LogP contribution in [-0.4, -0.2) is 63.1 Å². The fraction of sp³-hybridized carbons (Fsp3) is 0.833. The van der Waals surface area contributed by atoms with E-state index >= 15 is 0 Å². The maximum Gasteiger partial charge on any atom is 0.217 e. The molecule has 0 aromatic heterocycles. The molecule has 0 aliphatic rings. The van der Waals surface area contributed by atoms with E-state index in [-0.39, 0.29) is 26.7 Å². The Balaban J connectivity index is -0.0000000980. The average molecular weight is 264 g/mol. The lowest BCUT2D eigenvalue weighted by Gasteiger charge is -2.08. The quantitative estimate of drug-likeness (QED) is 0.728. The molecule has 0 bridgehead atoms. The Morgan fingerprint density at radius 3 is 1.06 bits per heavy atom. The van der Waals surface area contributed by atoms with E-state index in [2.05, 4.69) is 10.6 Å². The number of hydrogen-bond acceptors (Lipinski definition) is 4. The van der Waals surface area contributed by atoms with E-state index in [9.17, 15) is 9.59 Å². The van der Waals surface area contributed by atoms with Crippen LogP contribution in [0.3, 0.4) is 0 Å². The molecule has 0 spiro atoms. The fourth-order valence-corrected chi connectivity index (χ4v) is 0.539. The first-order valence-electron chi connectivity index (χ1n) is 5.04. The van der Waals surface area contributed by atoms with E-state index in [1.54, 1.807) is 0 Å². The highest BCUT2D eigenvalue weighted by Crippen LogP contribution is 1.66. The van der Waals surface area contributed by atoms with E-state index in [1.165, 1.54) is 13.8 Å². The van der Waals surface area contributed by atoms with Gasteiger partial charge in [-0.3, -0.25) is 19.4 Å². The van der Waals surface area contributed by atoms with Gasteiger partial charge in [0, 0.05) is 13.8 Å². The molecule has 6 nitrogen and oxygen atoms in total. The molecule has 6 heteroatoms. The van der Waals surface area contributed by atoms with Crippen LogP contribution in [0.1, 0.15) is 28.7 Å². The van der Waals surface area contributed by atoms with Gasteiger partial charge in [0.2, 0.25) is 11.8 Å². The second kappa shape index (κ2) is 15.9. The Morgan fingerprint density at radius 2 is 1.00 bits per heavy atom. The minimum Gasteiger partial charge on any atom is -0.344 e. The number of carbonyl (C=O) groups excluding carboxylic acids is 2. The minimum absolute atomic E-state index is 0. The summed E-state index contributed by atoms with van der Waals surface area (Å²) in [4.78, 5) is 24.2. The third-order valence-electron chi connectivity index (χ3n) is 1.29. The van der Waals surface area contributed by atoms with E-state index < -0.39 is 0 Å². The fourth-order valence-electron chi connectivity index (χ4n) is 0.539. The topological polar surface area (TPSA) is 64.7 Å². The monoisotopic (exact) mass is 264 g/mol. The van der Waals surface area contributed by atoms with E-state index in [4.69, 9.17) is 0 Å². The van der Waals surface area contributed by atoms with Gasteiger partial charge in [-0.2, -0.15) is 0 Å². The summed E-state index contributed by atoms with van der Waals surface area (Å²) < 4.78 is 0. The summed E-state index contributed by atoms with van der Waals surface area (Å²) in [6.45, 7) is 4.25. The number of carbonyl (C=O) groups is 2. The van der Waals surface area contributed by atoms with Crippen LogP contribution in [0, 0.1) is 0 Å². The Labute approximate surface area is 113 Å². The molecule has 0 atom stereocenters. The highest BCUT2D eigenvalue weighted by Gasteiger charge is 1.89. The van der Waals surface area contributed by atoms with Crippen molar-refractivity contribution < 1.29 is 9.59 Å². The molecule has 0 saturated carbocycles. The largest absolute Gasteiger partial charge is 0.344 e. The number of nitrogens with zero attached hydrogens (tertiary/aromatic N) is 2. The number of hydrogen-bond donors (Lipinski definition) is 2. The zero-order chi connectivity index (χ0) is 13.1. The second-order valence-electron chi connectivity index (χ2n) is 3.94. The van der Waals surface area contributed by atoms with Crippen LogP contribution in [0.5, 0.6) is 0 Å². The first-order chi connectivity index (χ1) is 7.25. The van der Waals surface area contributed by atoms with Crippen molar-refractivity contribution in [3.8, 4) is 0 Å². The Hall–Kier alpha value is -1.14. The first-order valence-corrected chi connectivity index (χ1v) is 5.04. The summed E-state index contributed by atoms with van der Waals surface area (Å²) in [6.07, 6.45) is 0. The highest BCUT2D eigenvalue weighted by atomic mass is 16.2. The van der Waals surface area contributed by atoms with Crippen molar-refractivity contribution in [2.24, 2.45) is 0 Å². The molecule has 0 aliphatic heterocycles. The van der Waals surface area contributed by atoms with Crippen LogP contribution in [-0.2, 0) is 9.59 Å². The van der Waals surface area contributed by atoms with Gasteiger partial charge in [-0.1, -0.05) is 14.9 Å². The molecule has 18 heavy (non-hydrogen) atoms. The van der Waals surface area contributed by atoms with Crippen LogP contribution >= 0.6 is 0 Å². The molecule has 0 radical (unpaired) electrons. The number of amides is 2. The lowest BCUT2D eigenvalue weighted by Crippen LogP contribution is -2.31. The maximum absolute atomic E-state index is 10.2. The standard InChI is InChI=1S/2C5H12N2O.2CH4/c2*1-5(8)6-4-7(2)3;;/h2*4H2,1-3H3,(H,6,8);2*1H4. The lowest BCUT2D eigenvalue weighted by atomic mass is 10.7. The Morgan fingerprint density at radius 1 is 0.778 bits per heavy atom. The zero-order valence-corrected chi connectivity index (χ0v) is 11.1. The number of nitrogens with one attached hydrogen (secondary N) is 2. The maximum atomic E-state index is 10.2. The summed E-state index contributed by atoms with van der Waals surface area (Å²) in [5.41, 5.74) is 0. The van der Waals surface area contributed by atoms with Crippen molar-refractivity contribution in [3.05, 3.63) is 0 Å². The van der Waals surface area contributed by atoms with Gasteiger partial charge in [-0.25, -0.2) is 0 Å². The SMILES string of the molecule is C.C.CC(=O)NCN(C)C.CC(=O)NCN(C)C. The van der Waals surface area contributed by atoms with E-state index in [0.717, 1.165) is 0 Å². The van der Waals surface area contributed by atoms with E-state index in [0.29, 0.717) is 13.3 Å². The molecule has 0 unspecified atom stereocenters.